The fourth-order valence-electron chi connectivity index (χ4n) is 1.29. The van der Waals surface area contributed by atoms with Gasteiger partial charge in [0.1, 0.15) is 0 Å². The Kier molecular flexibility index (Phi) is 4.81. The monoisotopic (exact) mass is 259 g/mol. The van der Waals surface area contributed by atoms with Gasteiger partial charge in [0.05, 0.1) is 10.6 Å². The summed E-state index contributed by atoms with van der Waals surface area (Å²) >= 11 is 5.71. The molecule has 0 bridgehead atoms. The van der Waals surface area contributed by atoms with Gasteiger partial charge in [0, 0.05) is 5.02 Å². The summed E-state index contributed by atoms with van der Waals surface area (Å²) in [4.78, 5) is 0.334. The number of sulfone groups is 1. The summed E-state index contributed by atoms with van der Waals surface area (Å²) in [6, 6.07) is 6.27. The van der Waals surface area contributed by atoms with E-state index in [0.717, 1.165) is 6.42 Å². The van der Waals surface area contributed by atoms with Gasteiger partial charge in [0.25, 0.3) is 0 Å². The van der Waals surface area contributed by atoms with Crippen LogP contribution in [0, 0.1) is 12.8 Å². The van der Waals surface area contributed by atoms with E-state index in [4.69, 9.17) is 11.6 Å². The van der Waals surface area contributed by atoms with E-state index in [-0.39, 0.29) is 11.7 Å². The van der Waals surface area contributed by atoms with Crippen molar-refractivity contribution in [2.45, 2.75) is 24.7 Å². The Morgan fingerprint density at radius 3 is 2.38 bits per heavy atom. The predicted octanol–water partition coefficient (Wildman–Crippen LogP) is 3.36. The first-order chi connectivity index (χ1) is 7.45. The molecule has 1 aromatic rings. The highest BCUT2D eigenvalue weighted by Crippen LogP contribution is 2.18. The summed E-state index contributed by atoms with van der Waals surface area (Å²) in [6.07, 6.45) is 1.50. The lowest BCUT2D eigenvalue weighted by Gasteiger charge is -2.08. The fraction of sp³-hybridized carbons (Fsp3) is 0.417. The molecule has 0 amide bonds. The normalized spacial score (nSPS) is 13.7. The molecule has 0 saturated carbocycles. The lowest BCUT2D eigenvalue weighted by Crippen LogP contribution is -2.09. The van der Waals surface area contributed by atoms with E-state index < -0.39 is 9.84 Å². The molecule has 0 saturated heterocycles. The maximum atomic E-state index is 11.9. The Labute approximate surface area is 103 Å². The molecule has 1 unspecified atom stereocenters. The number of halogens is 1. The molecular weight excluding hydrogens is 244 g/mol. The van der Waals surface area contributed by atoms with Gasteiger partial charge in [-0.05, 0) is 36.6 Å². The molecule has 0 heterocycles. The Balaban J connectivity index is 2.74. The molecule has 1 atom stereocenters. The Morgan fingerprint density at radius 2 is 1.88 bits per heavy atom. The largest absolute Gasteiger partial charge is 0.224 e. The topological polar surface area (TPSA) is 34.1 Å². The van der Waals surface area contributed by atoms with Crippen molar-refractivity contribution in [3.63, 3.8) is 0 Å². The average molecular weight is 260 g/mol. The van der Waals surface area contributed by atoms with Crippen LogP contribution in [-0.4, -0.2) is 14.2 Å². The standard InChI is InChI=1S/C12H16ClO2S/c1-3-10(2)8-9-16(14,15)12-6-4-11(13)5-7-12/h4-7,10H,2-3,8-9H2,1H3. The minimum absolute atomic E-state index is 0.149. The first-order valence-electron chi connectivity index (χ1n) is 5.27. The maximum absolute atomic E-state index is 11.9. The maximum Gasteiger partial charge on any atom is 0.178 e. The summed E-state index contributed by atoms with van der Waals surface area (Å²) in [7, 11) is -3.18. The second kappa shape index (κ2) is 5.69. The molecule has 16 heavy (non-hydrogen) atoms. The third-order valence-electron chi connectivity index (χ3n) is 2.54. The third kappa shape index (κ3) is 3.80. The average Bonchev–Trinajstić information content (AvgIpc) is 2.26. The van der Waals surface area contributed by atoms with E-state index in [0.29, 0.717) is 16.3 Å². The van der Waals surface area contributed by atoms with Crippen LogP contribution in [0.1, 0.15) is 19.8 Å². The molecule has 2 nitrogen and oxygen atoms in total. The van der Waals surface area contributed by atoms with E-state index in [1.165, 1.54) is 0 Å². The van der Waals surface area contributed by atoms with Crippen LogP contribution in [0.4, 0.5) is 0 Å². The molecule has 0 aliphatic heterocycles. The zero-order valence-electron chi connectivity index (χ0n) is 9.32. The highest BCUT2D eigenvalue weighted by Gasteiger charge is 2.15. The van der Waals surface area contributed by atoms with E-state index in [9.17, 15) is 8.42 Å². The van der Waals surface area contributed by atoms with Gasteiger partial charge in [0.2, 0.25) is 0 Å². The minimum Gasteiger partial charge on any atom is -0.224 e. The van der Waals surface area contributed by atoms with Gasteiger partial charge in [-0.15, -0.1) is 0 Å². The van der Waals surface area contributed by atoms with Gasteiger partial charge in [-0.2, -0.15) is 0 Å². The van der Waals surface area contributed by atoms with Crippen molar-refractivity contribution >= 4 is 21.4 Å². The van der Waals surface area contributed by atoms with Crippen molar-refractivity contribution in [1.82, 2.24) is 0 Å². The van der Waals surface area contributed by atoms with Gasteiger partial charge in [-0.3, -0.25) is 0 Å². The first-order valence-corrected chi connectivity index (χ1v) is 7.30. The summed E-state index contributed by atoms with van der Waals surface area (Å²) in [5.41, 5.74) is 0. The van der Waals surface area contributed by atoms with Crippen molar-refractivity contribution < 1.29 is 8.42 Å². The predicted molar refractivity (Wildman–Crippen MR) is 67.3 cm³/mol. The number of hydrogen-bond donors (Lipinski definition) is 0. The van der Waals surface area contributed by atoms with Crippen LogP contribution in [-0.2, 0) is 9.84 Å². The molecule has 0 spiro atoms. The smallest absolute Gasteiger partial charge is 0.178 e. The Bertz CT molecular complexity index is 423. The molecule has 0 fully saturated rings. The van der Waals surface area contributed by atoms with E-state index in [1.54, 1.807) is 24.3 Å². The summed E-state index contributed by atoms with van der Waals surface area (Å²) < 4.78 is 23.8. The van der Waals surface area contributed by atoms with Crippen molar-refractivity contribution in [3.05, 3.63) is 36.2 Å². The minimum atomic E-state index is -3.18. The lowest BCUT2D eigenvalue weighted by atomic mass is 10.1. The molecule has 4 heteroatoms. The van der Waals surface area contributed by atoms with Crippen molar-refractivity contribution in [2.24, 2.45) is 5.92 Å². The SMILES string of the molecule is [CH2]C(CC)CCS(=O)(=O)c1ccc(Cl)cc1. The lowest BCUT2D eigenvalue weighted by molar-refractivity contribution is 0.567. The van der Waals surface area contributed by atoms with Crippen molar-refractivity contribution in [2.75, 3.05) is 5.75 Å². The zero-order chi connectivity index (χ0) is 12.2. The molecule has 1 rings (SSSR count). The van der Waals surface area contributed by atoms with Gasteiger partial charge < -0.3 is 0 Å². The molecule has 1 aromatic carbocycles. The quantitative estimate of drug-likeness (QED) is 0.813. The van der Waals surface area contributed by atoms with E-state index in [2.05, 4.69) is 6.92 Å². The first kappa shape index (κ1) is 13.5. The second-order valence-electron chi connectivity index (χ2n) is 3.84. The number of hydrogen-bond acceptors (Lipinski definition) is 2. The van der Waals surface area contributed by atoms with E-state index in [1.807, 2.05) is 6.92 Å². The molecule has 1 radical (unpaired) electrons. The molecule has 0 aliphatic rings. The van der Waals surface area contributed by atoms with Crippen LogP contribution in [0.2, 0.25) is 5.02 Å². The van der Waals surface area contributed by atoms with Crippen LogP contribution < -0.4 is 0 Å². The van der Waals surface area contributed by atoms with Crippen LogP contribution in [0.3, 0.4) is 0 Å². The highest BCUT2D eigenvalue weighted by molar-refractivity contribution is 7.91. The van der Waals surface area contributed by atoms with Gasteiger partial charge >= 0.3 is 0 Å². The molecule has 0 aromatic heterocycles. The van der Waals surface area contributed by atoms with Crippen LogP contribution >= 0.6 is 11.6 Å². The Hall–Kier alpha value is -0.540. The van der Waals surface area contributed by atoms with Crippen molar-refractivity contribution in [3.8, 4) is 0 Å². The molecular formula is C12H16ClO2S. The molecule has 89 valence electrons. The highest BCUT2D eigenvalue weighted by atomic mass is 35.5. The van der Waals surface area contributed by atoms with Gasteiger partial charge in [-0.1, -0.05) is 31.9 Å². The molecule has 0 N–H and O–H groups in total. The van der Waals surface area contributed by atoms with Crippen LogP contribution in [0.25, 0.3) is 0 Å². The van der Waals surface area contributed by atoms with Crippen LogP contribution in [0.15, 0.2) is 29.2 Å². The third-order valence-corrected chi connectivity index (χ3v) is 4.56. The zero-order valence-corrected chi connectivity index (χ0v) is 10.9. The second-order valence-corrected chi connectivity index (χ2v) is 6.38. The summed E-state index contributed by atoms with van der Waals surface area (Å²) in [5, 5.41) is 0.544. The molecule has 0 aliphatic carbocycles. The Morgan fingerprint density at radius 1 is 1.31 bits per heavy atom. The van der Waals surface area contributed by atoms with Crippen molar-refractivity contribution in [1.29, 1.82) is 0 Å². The summed E-state index contributed by atoms with van der Waals surface area (Å²) in [5.74, 6) is 0.346. The van der Waals surface area contributed by atoms with Gasteiger partial charge in [0.15, 0.2) is 9.84 Å². The van der Waals surface area contributed by atoms with E-state index >= 15 is 0 Å². The number of rotatable bonds is 5. The number of benzene rings is 1. The van der Waals surface area contributed by atoms with Crippen LogP contribution in [0.5, 0.6) is 0 Å². The fourth-order valence-corrected chi connectivity index (χ4v) is 2.84. The summed E-state index contributed by atoms with van der Waals surface area (Å²) in [6.45, 7) is 5.89. The van der Waals surface area contributed by atoms with Gasteiger partial charge in [-0.25, -0.2) is 8.42 Å².